The molecule has 1 aromatic rings. The minimum Gasteiger partial charge on any atom is -0.368 e. The second-order valence-electron chi connectivity index (χ2n) is 2.76. The number of nitrogens with zero attached hydrogens (tertiary/aromatic N) is 1. The van der Waals surface area contributed by atoms with E-state index < -0.39 is 0 Å². The first-order chi connectivity index (χ1) is 6.74. The summed E-state index contributed by atoms with van der Waals surface area (Å²) in [4.78, 5) is 3.94. The van der Waals surface area contributed by atoms with Crippen LogP contribution < -0.4 is 5.32 Å². The fourth-order valence-electron chi connectivity index (χ4n) is 0.968. The predicted molar refractivity (Wildman–Crippen MR) is 63.4 cm³/mol. The van der Waals surface area contributed by atoms with E-state index in [0.29, 0.717) is 10.3 Å². The van der Waals surface area contributed by atoms with E-state index in [0.717, 1.165) is 18.7 Å². The minimum atomic E-state index is -0.316. The maximum Gasteiger partial charge on any atom is 0.166 e. The first-order valence-corrected chi connectivity index (χ1v) is 6.46. The van der Waals surface area contributed by atoms with Crippen LogP contribution in [-0.2, 0) is 0 Å². The second kappa shape index (κ2) is 6.24. The van der Waals surface area contributed by atoms with Crippen LogP contribution in [0.5, 0.6) is 0 Å². The Morgan fingerprint density at radius 2 is 2.43 bits per heavy atom. The predicted octanol–water partition coefficient (Wildman–Crippen LogP) is 3.15. The Labute approximate surface area is 95.8 Å². The van der Waals surface area contributed by atoms with Gasteiger partial charge in [0, 0.05) is 17.2 Å². The van der Waals surface area contributed by atoms with Crippen LogP contribution in [0.2, 0.25) is 0 Å². The molecule has 0 bridgehead atoms. The molecule has 1 N–H and O–H groups in total. The number of anilines is 1. The molecule has 0 aliphatic rings. The largest absolute Gasteiger partial charge is 0.368 e. The number of hydrogen-bond donors (Lipinski definition) is 1. The summed E-state index contributed by atoms with van der Waals surface area (Å²) >= 11 is 4.94. The number of aromatic nitrogens is 1. The fourth-order valence-corrected chi connectivity index (χ4v) is 1.70. The quantitative estimate of drug-likeness (QED) is 0.838. The Balaban J connectivity index is 2.42. The molecule has 1 rings (SSSR count). The molecule has 0 radical (unpaired) electrons. The summed E-state index contributed by atoms with van der Waals surface area (Å²) in [7, 11) is 0. The smallest absolute Gasteiger partial charge is 0.166 e. The van der Waals surface area contributed by atoms with Gasteiger partial charge in [0.2, 0.25) is 0 Å². The van der Waals surface area contributed by atoms with Crippen molar-refractivity contribution in [3.05, 3.63) is 22.6 Å². The first-order valence-electron chi connectivity index (χ1n) is 4.28. The van der Waals surface area contributed by atoms with Crippen LogP contribution >= 0.6 is 27.7 Å². The monoisotopic (exact) mass is 278 g/mol. The van der Waals surface area contributed by atoms with Crippen LogP contribution in [-0.4, -0.2) is 23.5 Å². The van der Waals surface area contributed by atoms with Gasteiger partial charge in [-0.05, 0) is 40.4 Å². The molecule has 0 aliphatic carbocycles. The maximum absolute atomic E-state index is 13.2. The van der Waals surface area contributed by atoms with Crippen LogP contribution in [0.3, 0.4) is 0 Å². The van der Waals surface area contributed by atoms with Gasteiger partial charge in [-0.3, -0.25) is 0 Å². The van der Waals surface area contributed by atoms with Crippen LogP contribution in [0, 0.1) is 5.82 Å². The lowest BCUT2D eigenvalue weighted by atomic mass is 10.4. The molecule has 14 heavy (non-hydrogen) atoms. The summed E-state index contributed by atoms with van der Waals surface area (Å²) in [6.45, 7) is 0.756. The van der Waals surface area contributed by atoms with Crippen molar-refractivity contribution in [2.24, 2.45) is 0 Å². The van der Waals surface area contributed by atoms with Crippen LogP contribution in [0.4, 0.5) is 10.2 Å². The van der Waals surface area contributed by atoms with Crippen molar-refractivity contribution in [2.45, 2.75) is 6.42 Å². The summed E-state index contributed by atoms with van der Waals surface area (Å²) in [5.74, 6) is 1.09. The fraction of sp³-hybridized carbons (Fsp3) is 0.444. The summed E-state index contributed by atoms with van der Waals surface area (Å²) in [5.41, 5.74) is 0. The highest BCUT2D eigenvalue weighted by Gasteiger charge is 2.02. The van der Waals surface area contributed by atoms with Crippen LogP contribution in [0.15, 0.2) is 16.7 Å². The molecule has 0 aromatic carbocycles. The lowest BCUT2D eigenvalue weighted by Gasteiger charge is -2.05. The maximum atomic E-state index is 13.2. The molecule has 0 aliphatic heterocycles. The Morgan fingerprint density at radius 1 is 1.64 bits per heavy atom. The van der Waals surface area contributed by atoms with E-state index in [9.17, 15) is 4.39 Å². The van der Waals surface area contributed by atoms with Gasteiger partial charge < -0.3 is 5.32 Å². The standard InChI is InChI=1S/C9H12BrFN2S/c1-14-4-2-3-12-9-8(11)5-7(10)6-13-9/h5-6H,2-4H2,1H3,(H,12,13). The van der Waals surface area contributed by atoms with Crippen molar-refractivity contribution < 1.29 is 4.39 Å². The van der Waals surface area contributed by atoms with Gasteiger partial charge in [-0.25, -0.2) is 9.37 Å². The highest BCUT2D eigenvalue weighted by Crippen LogP contribution is 2.15. The lowest BCUT2D eigenvalue weighted by molar-refractivity contribution is 0.623. The third kappa shape index (κ3) is 3.84. The molecule has 0 amide bonds. The topological polar surface area (TPSA) is 24.9 Å². The molecule has 0 saturated carbocycles. The van der Waals surface area contributed by atoms with Crippen molar-refractivity contribution in [3.8, 4) is 0 Å². The van der Waals surface area contributed by atoms with E-state index in [-0.39, 0.29) is 5.82 Å². The molecular formula is C9H12BrFN2S. The SMILES string of the molecule is CSCCCNc1ncc(Br)cc1F. The number of nitrogens with one attached hydrogen (secondary N) is 1. The van der Waals surface area contributed by atoms with Gasteiger partial charge in [0.05, 0.1) is 0 Å². The number of rotatable bonds is 5. The third-order valence-corrected chi connectivity index (χ3v) is 2.76. The molecule has 78 valence electrons. The second-order valence-corrected chi connectivity index (χ2v) is 4.66. The van der Waals surface area contributed by atoms with Gasteiger partial charge in [0.25, 0.3) is 0 Å². The molecule has 1 heterocycles. The van der Waals surface area contributed by atoms with Gasteiger partial charge in [-0.1, -0.05) is 0 Å². The molecule has 0 atom stereocenters. The summed E-state index contributed by atoms with van der Waals surface area (Å²) < 4.78 is 13.9. The van der Waals surface area contributed by atoms with Crippen molar-refractivity contribution >= 4 is 33.5 Å². The zero-order valence-corrected chi connectivity index (χ0v) is 10.3. The molecule has 1 aromatic heterocycles. The van der Waals surface area contributed by atoms with Gasteiger partial charge >= 0.3 is 0 Å². The highest BCUT2D eigenvalue weighted by atomic mass is 79.9. The lowest BCUT2D eigenvalue weighted by Crippen LogP contribution is -2.06. The van der Waals surface area contributed by atoms with E-state index in [1.807, 2.05) is 0 Å². The average molecular weight is 279 g/mol. The number of thioether (sulfide) groups is 1. The molecule has 0 saturated heterocycles. The van der Waals surface area contributed by atoms with Crippen LogP contribution in [0.1, 0.15) is 6.42 Å². The Hall–Kier alpha value is -0.290. The Morgan fingerprint density at radius 3 is 3.07 bits per heavy atom. The normalized spacial score (nSPS) is 10.2. The molecule has 5 heteroatoms. The van der Waals surface area contributed by atoms with Gasteiger partial charge in [-0.2, -0.15) is 11.8 Å². The van der Waals surface area contributed by atoms with Crippen LogP contribution in [0.25, 0.3) is 0 Å². The average Bonchev–Trinajstić information content (AvgIpc) is 2.15. The Bertz CT molecular complexity index is 296. The van der Waals surface area contributed by atoms with E-state index >= 15 is 0 Å². The first kappa shape index (κ1) is 11.8. The van der Waals surface area contributed by atoms with Crippen molar-refractivity contribution in [2.75, 3.05) is 23.9 Å². The highest BCUT2D eigenvalue weighted by molar-refractivity contribution is 9.10. The Kier molecular flexibility index (Phi) is 5.25. The van der Waals surface area contributed by atoms with Crippen molar-refractivity contribution in [1.29, 1.82) is 0 Å². The third-order valence-electron chi connectivity index (χ3n) is 1.63. The zero-order valence-electron chi connectivity index (χ0n) is 7.89. The van der Waals surface area contributed by atoms with Crippen molar-refractivity contribution in [1.82, 2.24) is 4.98 Å². The van der Waals surface area contributed by atoms with Gasteiger partial charge in [0.15, 0.2) is 11.6 Å². The summed E-state index contributed by atoms with van der Waals surface area (Å²) in [6.07, 6.45) is 4.65. The number of hydrogen-bond acceptors (Lipinski definition) is 3. The van der Waals surface area contributed by atoms with Gasteiger partial charge in [-0.15, -0.1) is 0 Å². The van der Waals surface area contributed by atoms with Crippen molar-refractivity contribution in [3.63, 3.8) is 0 Å². The van der Waals surface area contributed by atoms with Gasteiger partial charge in [0.1, 0.15) is 0 Å². The van der Waals surface area contributed by atoms with E-state index in [1.165, 1.54) is 6.07 Å². The number of halogens is 2. The molecular weight excluding hydrogens is 267 g/mol. The molecule has 0 spiro atoms. The summed E-state index contributed by atoms with van der Waals surface area (Å²) in [5, 5.41) is 2.95. The minimum absolute atomic E-state index is 0.316. The zero-order chi connectivity index (χ0) is 10.4. The number of pyridine rings is 1. The summed E-state index contributed by atoms with van der Waals surface area (Å²) in [6, 6.07) is 1.41. The van der Waals surface area contributed by atoms with E-state index in [1.54, 1.807) is 18.0 Å². The molecule has 2 nitrogen and oxygen atoms in total. The molecule has 0 fully saturated rings. The van der Waals surface area contributed by atoms with E-state index in [2.05, 4.69) is 32.5 Å². The van der Waals surface area contributed by atoms with E-state index in [4.69, 9.17) is 0 Å². The molecule has 0 unspecified atom stereocenters.